The zero-order valence-corrected chi connectivity index (χ0v) is 8.62. The number of hydrogen-bond acceptors (Lipinski definition) is 3. The summed E-state index contributed by atoms with van der Waals surface area (Å²) in [6.07, 6.45) is 3.43. The van der Waals surface area contributed by atoms with Gasteiger partial charge in [-0.2, -0.15) is 0 Å². The number of rotatable bonds is 2. The fourth-order valence-electron chi connectivity index (χ4n) is 1.59. The molecule has 0 aromatic carbocycles. The average molecular weight is 207 g/mol. The Hall–Kier alpha value is -0.160. The van der Waals surface area contributed by atoms with Gasteiger partial charge >= 0.3 is 0 Å². The molecule has 2 N–H and O–H groups in total. The standard InChI is InChI=1S/C7H13NO2S2/c1-12(9,10)6-3-2-5(4-6)7(8)11/h5-6H,2-4H2,1H3,(H2,8,11)/t5-,6-/m1/s1. The molecule has 0 aromatic rings. The fourth-order valence-corrected chi connectivity index (χ4v) is 2.95. The van der Waals surface area contributed by atoms with Crippen LogP contribution in [-0.2, 0) is 9.84 Å². The molecule has 0 aromatic heterocycles. The molecular weight excluding hydrogens is 194 g/mol. The van der Waals surface area contributed by atoms with Gasteiger partial charge in [0.25, 0.3) is 0 Å². The lowest BCUT2D eigenvalue weighted by atomic mass is 10.1. The highest BCUT2D eigenvalue weighted by Crippen LogP contribution is 2.30. The van der Waals surface area contributed by atoms with Crippen molar-refractivity contribution >= 4 is 27.0 Å². The van der Waals surface area contributed by atoms with Crippen molar-refractivity contribution in [3.63, 3.8) is 0 Å². The van der Waals surface area contributed by atoms with E-state index in [2.05, 4.69) is 0 Å². The molecule has 70 valence electrons. The summed E-state index contributed by atoms with van der Waals surface area (Å²) in [5.74, 6) is 0.139. The van der Waals surface area contributed by atoms with E-state index in [1.165, 1.54) is 6.26 Å². The molecule has 12 heavy (non-hydrogen) atoms. The molecule has 1 saturated carbocycles. The van der Waals surface area contributed by atoms with Crippen molar-refractivity contribution in [2.45, 2.75) is 24.5 Å². The Morgan fingerprint density at radius 2 is 2.08 bits per heavy atom. The maximum absolute atomic E-state index is 11.1. The molecule has 1 aliphatic carbocycles. The van der Waals surface area contributed by atoms with Crippen LogP contribution in [0.25, 0.3) is 0 Å². The molecule has 1 rings (SSSR count). The van der Waals surface area contributed by atoms with E-state index in [0.29, 0.717) is 17.8 Å². The van der Waals surface area contributed by atoms with E-state index in [9.17, 15) is 8.42 Å². The summed E-state index contributed by atoms with van der Waals surface area (Å²) in [4.78, 5) is 0.459. The van der Waals surface area contributed by atoms with Gasteiger partial charge in [-0.15, -0.1) is 0 Å². The Morgan fingerprint density at radius 3 is 2.33 bits per heavy atom. The molecule has 0 saturated heterocycles. The third kappa shape index (κ3) is 2.17. The van der Waals surface area contributed by atoms with Crippen molar-refractivity contribution < 1.29 is 8.42 Å². The van der Waals surface area contributed by atoms with Crippen LogP contribution in [0.3, 0.4) is 0 Å². The molecule has 5 heteroatoms. The Bertz CT molecular complexity index is 284. The van der Waals surface area contributed by atoms with E-state index in [1.807, 2.05) is 0 Å². The highest BCUT2D eigenvalue weighted by molar-refractivity contribution is 7.91. The van der Waals surface area contributed by atoms with Gasteiger partial charge in [-0.25, -0.2) is 8.42 Å². The molecule has 0 aliphatic heterocycles. The van der Waals surface area contributed by atoms with Crippen LogP contribution < -0.4 is 5.73 Å². The van der Waals surface area contributed by atoms with Crippen LogP contribution in [0.15, 0.2) is 0 Å². The largest absolute Gasteiger partial charge is 0.393 e. The van der Waals surface area contributed by atoms with Gasteiger partial charge in [-0.3, -0.25) is 0 Å². The van der Waals surface area contributed by atoms with Gasteiger partial charge in [0.2, 0.25) is 0 Å². The van der Waals surface area contributed by atoms with Gasteiger partial charge in [0.15, 0.2) is 0 Å². The van der Waals surface area contributed by atoms with Crippen LogP contribution in [0.2, 0.25) is 0 Å². The average Bonchev–Trinajstić information content (AvgIpc) is 2.30. The summed E-state index contributed by atoms with van der Waals surface area (Å²) in [6, 6.07) is 0. The van der Waals surface area contributed by atoms with Gasteiger partial charge in [0.1, 0.15) is 9.84 Å². The highest BCUT2D eigenvalue weighted by Gasteiger charge is 2.32. The molecule has 0 bridgehead atoms. The summed E-state index contributed by atoms with van der Waals surface area (Å²) in [6.45, 7) is 0. The van der Waals surface area contributed by atoms with Crippen molar-refractivity contribution in [1.29, 1.82) is 0 Å². The van der Waals surface area contributed by atoms with Gasteiger partial charge in [0, 0.05) is 12.2 Å². The van der Waals surface area contributed by atoms with Gasteiger partial charge in [-0.1, -0.05) is 12.2 Å². The van der Waals surface area contributed by atoms with Crippen molar-refractivity contribution in [1.82, 2.24) is 0 Å². The van der Waals surface area contributed by atoms with Crippen molar-refractivity contribution in [2.75, 3.05) is 6.26 Å². The summed E-state index contributed by atoms with van der Waals surface area (Å²) in [5.41, 5.74) is 5.44. The molecule has 0 unspecified atom stereocenters. The van der Waals surface area contributed by atoms with Crippen LogP contribution in [0.1, 0.15) is 19.3 Å². The molecule has 1 aliphatic rings. The Morgan fingerprint density at radius 1 is 1.50 bits per heavy atom. The molecule has 0 spiro atoms. The predicted octanol–water partition coefficient (Wildman–Crippen LogP) is 0.486. The molecular formula is C7H13NO2S2. The minimum Gasteiger partial charge on any atom is -0.393 e. The van der Waals surface area contributed by atoms with E-state index in [4.69, 9.17) is 18.0 Å². The minimum absolute atomic E-state index is 0.139. The van der Waals surface area contributed by atoms with Gasteiger partial charge in [0.05, 0.1) is 10.2 Å². The number of nitrogens with two attached hydrogens (primary N) is 1. The van der Waals surface area contributed by atoms with Gasteiger partial charge in [-0.05, 0) is 19.3 Å². The topological polar surface area (TPSA) is 60.2 Å². The van der Waals surface area contributed by atoms with Crippen molar-refractivity contribution in [2.24, 2.45) is 11.7 Å². The summed E-state index contributed by atoms with van der Waals surface area (Å²) in [7, 11) is -2.88. The molecule has 0 heterocycles. The maximum atomic E-state index is 11.1. The number of sulfone groups is 1. The second-order valence-corrected chi connectivity index (χ2v) is 6.16. The Labute approximate surface area is 78.2 Å². The summed E-state index contributed by atoms with van der Waals surface area (Å²) in [5, 5.41) is -0.219. The second-order valence-electron chi connectivity index (χ2n) is 3.36. The first-order valence-electron chi connectivity index (χ1n) is 3.89. The quantitative estimate of drug-likeness (QED) is 0.669. The first kappa shape index (κ1) is 9.92. The molecule has 3 nitrogen and oxygen atoms in total. The normalized spacial score (nSPS) is 30.4. The lowest BCUT2D eigenvalue weighted by Gasteiger charge is -2.07. The molecule has 0 amide bonds. The van der Waals surface area contributed by atoms with E-state index < -0.39 is 9.84 Å². The predicted molar refractivity (Wildman–Crippen MR) is 52.8 cm³/mol. The maximum Gasteiger partial charge on any atom is 0.150 e. The van der Waals surface area contributed by atoms with Crippen molar-refractivity contribution in [3.8, 4) is 0 Å². The van der Waals surface area contributed by atoms with Gasteiger partial charge < -0.3 is 5.73 Å². The zero-order valence-electron chi connectivity index (χ0n) is 6.99. The smallest absolute Gasteiger partial charge is 0.150 e. The van der Waals surface area contributed by atoms with Crippen LogP contribution >= 0.6 is 12.2 Å². The van der Waals surface area contributed by atoms with E-state index >= 15 is 0 Å². The summed E-state index contributed by atoms with van der Waals surface area (Å²) < 4.78 is 22.2. The lowest BCUT2D eigenvalue weighted by Crippen LogP contribution is -2.21. The summed E-state index contributed by atoms with van der Waals surface area (Å²) >= 11 is 4.81. The SMILES string of the molecule is CS(=O)(=O)[C@@H]1CC[C@@H](C(N)=S)C1. The molecule has 1 fully saturated rings. The first-order chi connectivity index (χ1) is 5.41. The third-order valence-corrected chi connectivity index (χ3v) is 4.36. The van der Waals surface area contributed by atoms with E-state index in [-0.39, 0.29) is 11.2 Å². The van der Waals surface area contributed by atoms with Crippen LogP contribution in [0.4, 0.5) is 0 Å². The minimum atomic E-state index is -2.88. The Kier molecular flexibility index (Phi) is 2.73. The van der Waals surface area contributed by atoms with E-state index in [1.54, 1.807) is 0 Å². The van der Waals surface area contributed by atoms with Crippen molar-refractivity contribution in [3.05, 3.63) is 0 Å². The van der Waals surface area contributed by atoms with Crippen LogP contribution in [0.5, 0.6) is 0 Å². The zero-order chi connectivity index (χ0) is 9.35. The monoisotopic (exact) mass is 207 g/mol. The second kappa shape index (κ2) is 3.30. The fraction of sp³-hybridized carbons (Fsp3) is 0.857. The van der Waals surface area contributed by atoms with Crippen LogP contribution in [-0.4, -0.2) is 24.9 Å². The van der Waals surface area contributed by atoms with Crippen LogP contribution in [0, 0.1) is 5.92 Å². The van der Waals surface area contributed by atoms with E-state index in [0.717, 1.165) is 6.42 Å². The molecule has 0 radical (unpaired) electrons. The lowest BCUT2D eigenvalue weighted by molar-refractivity contribution is 0.584. The molecule has 2 atom stereocenters. The number of hydrogen-bond donors (Lipinski definition) is 1. The first-order valence-corrected chi connectivity index (χ1v) is 6.25. The highest BCUT2D eigenvalue weighted by atomic mass is 32.2. The Balaban J connectivity index is 2.64. The third-order valence-electron chi connectivity index (χ3n) is 2.39. The number of thiocarbonyl (C=S) groups is 1.